The van der Waals surface area contributed by atoms with Crippen LogP contribution in [-0.4, -0.2) is 16.8 Å². The van der Waals surface area contributed by atoms with Crippen LogP contribution in [0.25, 0.3) is 6.08 Å². The zero-order valence-corrected chi connectivity index (χ0v) is 12.3. The first-order chi connectivity index (χ1) is 10.1. The molecule has 1 aliphatic carbocycles. The van der Waals surface area contributed by atoms with E-state index in [1.807, 2.05) is 24.3 Å². The molecule has 1 atom stereocenters. The molecule has 4 heteroatoms. The van der Waals surface area contributed by atoms with Gasteiger partial charge in [-0.3, -0.25) is 10.0 Å². The van der Waals surface area contributed by atoms with Gasteiger partial charge in [0.2, 0.25) is 0 Å². The molecule has 1 amide bonds. The van der Waals surface area contributed by atoms with Crippen molar-refractivity contribution < 1.29 is 10.0 Å². The Balaban J connectivity index is 2.03. The number of carbonyl (C=O) groups excluding carboxylic acids is 1. The molecule has 0 saturated heterocycles. The Morgan fingerprint density at radius 2 is 2.10 bits per heavy atom. The van der Waals surface area contributed by atoms with Crippen molar-refractivity contribution in [2.45, 2.75) is 38.5 Å². The highest BCUT2D eigenvalue weighted by molar-refractivity contribution is 5.91. The Bertz CT molecular complexity index is 530. The van der Waals surface area contributed by atoms with Crippen molar-refractivity contribution in [1.29, 1.82) is 5.41 Å². The predicted octanol–water partition coefficient (Wildman–Crippen LogP) is 3.52. The molecular formula is C17H22N2O2. The molecule has 0 unspecified atom stereocenters. The Kier molecular flexibility index (Phi) is 5.28. The summed E-state index contributed by atoms with van der Waals surface area (Å²) in [5.41, 5.74) is 4.45. The van der Waals surface area contributed by atoms with E-state index in [4.69, 9.17) is 10.6 Å². The summed E-state index contributed by atoms with van der Waals surface area (Å²) in [4.78, 5) is 10.9. The first-order valence-electron chi connectivity index (χ1n) is 7.43. The Morgan fingerprint density at radius 3 is 2.62 bits per heavy atom. The van der Waals surface area contributed by atoms with Gasteiger partial charge in [-0.2, -0.15) is 0 Å². The third kappa shape index (κ3) is 4.53. The van der Waals surface area contributed by atoms with Gasteiger partial charge in [-0.15, -0.1) is 0 Å². The maximum Gasteiger partial charge on any atom is 0.267 e. The van der Waals surface area contributed by atoms with Crippen molar-refractivity contribution in [2.75, 3.05) is 0 Å². The molecule has 0 bridgehead atoms. The quantitative estimate of drug-likeness (QED) is 0.310. The molecule has 2 rings (SSSR count). The summed E-state index contributed by atoms with van der Waals surface area (Å²) in [5, 5.41) is 16.7. The van der Waals surface area contributed by atoms with Gasteiger partial charge in [-0.25, -0.2) is 5.48 Å². The van der Waals surface area contributed by atoms with Crippen molar-refractivity contribution in [3.8, 4) is 0 Å². The van der Waals surface area contributed by atoms with E-state index in [2.05, 4.69) is 6.92 Å². The Hall–Kier alpha value is -1.94. The number of nitrogens with one attached hydrogen (secondary N) is 2. The fourth-order valence-electron chi connectivity index (χ4n) is 2.51. The van der Waals surface area contributed by atoms with Crippen molar-refractivity contribution >= 4 is 17.7 Å². The molecule has 1 aromatic rings. The zero-order chi connectivity index (χ0) is 15.2. The van der Waals surface area contributed by atoms with Gasteiger partial charge >= 0.3 is 0 Å². The third-order valence-electron chi connectivity index (χ3n) is 3.91. The molecule has 1 aliphatic rings. The average molecular weight is 286 g/mol. The molecule has 0 aromatic heterocycles. The molecule has 112 valence electrons. The highest BCUT2D eigenvalue weighted by atomic mass is 16.5. The number of benzene rings is 1. The Labute approximate surface area is 125 Å². The second kappa shape index (κ2) is 7.18. The minimum absolute atomic E-state index is 0.198. The van der Waals surface area contributed by atoms with Crippen molar-refractivity contribution in [1.82, 2.24) is 5.48 Å². The average Bonchev–Trinajstić information content (AvgIpc) is 3.30. The second-order valence-corrected chi connectivity index (χ2v) is 5.61. The fourth-order valence-corrected chi connectivity index (χ4v) is 2.51. The van der Waals surface area contributed by atoms with Gasteiger partial charge in [0.05, 0.1) is 0 Å². The van der Waals surface area contributed by atoms with E-state index in [9.17, 15) is 4.79 Å². The maximum atomic E-state index is 10.9. The number of amides is 1. The smallest absolute Gasteiger partial charge is 0.267 e. The maximum absolute atomic E-state index is 10.9. The molecule has 1 aromatic carbocycles. The largest absolute Gasteiger partial charge is 0.309 e. The van der Waals surface area contributed by atoms with Crippen LogP contribution in [-0.2, 0) is 4.79 Å². The lowest BCUT2D eigenvalue weighted by Crippen LogP contribution is -2.14. The molecule has 3 N–H and O–H groups in total. The van der Waals surface area contributed by atoms with Gasteiger partial charge in [0.1, 0.15) is 0 Å². The lowest BCUT2D eigenvalue weighted by atomic mass is 9.88. The van der Waals surface area contributed by atoms with E-state index < -0.39 is 5.91 Å². The third-order valence-corrected chi connectivity index (χ3v) is 3.91. The summed E-state index contributed by atoms with van der Waals surface area (Å²) in [6, 6.07) is 7.91. The number of carbonyl (C=O) groups is 1. The minimum Gasteiger partial charge on any atom is -0.309 e. The first kappa shape index (κ1) is 15.4. The van der Waals surface area contributed by atoms with Gasteiger partial charge in [0.15, 0.2) is 0 Å². The van der Waals surface area contributed by atoms with Crippen LogP contribution in [0.3, 0.4) is 0 Å². The van der Waals surface area contributed by atoms with Crippen LogP contribution in [0.2, 0.25) is 0 Å². The molecule has 0 spiro atoms. The fraction of sp³-hybridized carbons (Fsp3) is 0.412. The molecule has 21 heavy (non-hydrogen) atoms. The van der Waals surface area contributed by atoms with E-state index in [-0.39, 0.29) is 5.92 Å². The van der Waals surface area contributed by atoms with Gasteiger partial charge in [0, 0.05) is 17.7 Å². The van der Waals surface area contributed by atoms with Gasteiger partial charge < -0.3 is 5.41 Å². The second-order valence-electron chi connectivity index (χ2n) is 5.61. The summed E-state index contributed by atoms with van der Waals surface area (Å²) in [5.74, 6) is 0.395. The lowest BCUT2D eigenvalue weighted by Gasteiger charge is -2.17. The standard InChI is InChI=1S/C17H22N2O2/c1-2-15(16(18)11-13-3-4-13)14-8-5-12(6-9-14)7-10-17(20)19-21/h5-10,13,15,18,21H,2-4,11H2,1H3,(H,19,20)/b10-7+,18-16?/t15-/m0/s1. The highest BCUT2D eigenvalue weighted by Crippen LogP contribution is 2.35. The van der Waals surface area contributed by atoms with Crippen LogP contribution in [0, 0.1) is 11.3 Å². The van der Waals surface area contributed by atoms with E-state index in [1.165, 1.54) is 18.9 Å². The molecule has 0 heterocycles. The number of hydrogen-bond donors (Lipinski definition) is 3. The van der Waals surface area contributed by atoms with Gasteiger partial charge in [-0.1, -0.05) is 31.2 Å². The van der Waals surface area contributed by atoms with Crippen LogP contribution in [0.4, 0.5) is 0 Å². The van der Waals surface area contributed by atoms with Crippen LogP contribution >= 0.6 is 0 Å². The van der Waals surface area contributed by atoms with Crippen LogP contribution < -0.4 is 5.48 Å². The summed E-state index contributed by atoms with van der Waals surface area (Å²) in [6.07, 6.45) is 7.34. The summed E-state index contributed by atoms with van der Waals surface area (Å²) >= 11 is 0. The van der Waals surface area contributed by atoms with E-state index >= 15 is 0 Å². The summed E-state index contributed by atoms with van der Waals surface area (Å²) < 4.78 is 0. The lowest BCUT2D eigenvalue weighted by molar-refractivity contribution is -0.124. The normalized spacial score (nSPS) is 15.9. The Morgan fingerprint density at radius 1 is 1.43 bits per heavy atom. The van der Waals surface area contributed by atoms with Crippen LogP contribution in [0.15, 0.2) is 30.3 Å². The van der Waals surface area contributed by atoms with E-state index in [0.29, 0.717) is 0 Å². The molecule has 0 radical (unpaired) electrons. The highest BCUT2D eigenvalue weighted by Gasteiger charge is 2.26. The van der Waals surface area contributed by atoms with E-state index in [0.717, 1.165) is 35.6 Å². The van der Waals surface area contributed by atoms with E-state index in [1.54, 1.807) is 11.6 Å². The molecular weight excluding hydrogens is 264 g/mol. The molecule has 4 nitrogen and oxygen atoms in total. The number of hydrogen-bond acceptors (Lipinski definition) is 3. The SMILES string of the molecule is CC[C@H](C(=N)CC1CC1)c1ccc(/C=C/C(=O)NO)cc1. The van der Waals surface area contributed by atoms with Crippen LogP contribution in [0.5, 0.6) is 0 Å². The molecule has 1 saturated carbocycles. The minimum atomic E-state index is -0.545. The zero-order valence-electron chi connectivity index (χ0n) is 12.3. The first-order valence-corrected chi connectivity index (χ1v) is 7.43. The topological polar surface area (TPSA) is 73.2 Å². The van der Waals surface area contributed by atoms with Gasteiger partial charge in [0.25, 0.3) is 5.91 Å². The van der Waals surface area contributed by atoms with Crippen molar-refractivity contribution in [2.24, 2.45) is 5.92 Å². The van der Waals surface area contributed by atoms with Crippen LogP contribution in [0.1, 0.15) is 49.7 Å². The summed E-state index contributed by atoms with van der Waals surface area (Å²) in [6.45, 7) is 2.12. The molecule has 1 fully saturated rings. The molecule has 0 aliphatic heterocycles. The number of hydroxylamine groups is 1. The predicted molar refractivity (Wildman–Crippen MR) is 83.5 cm³/mol. The van der Waals surface area contributed by atoms with Gasteiger partial charge in [-0.05, 0) is 48.8 Å². The van der Waals surface area contributed by atoms with Crippen molar-refractivity contribution in [3.63, 3.8) is 0 Å². The summed E-state index contributed by atoms with van der Waals surface area (Å²) in [7, 11) is 0. The van der Waals surface area contributed by atoms with Crippen molar-refractivity contribution in [3.05, 3.63) is 41.5 Å². The monoisotopic (exact) mass is 286 g/mol. The number of rotatable bonds is 7.